The van der Waals surface area contributed by atoms with Crippen molar-refractivity contribution in [2.75, 3.05) is 0 Å². The highest BCUT2D eigenvalue weighted by atomic mass is 16.4. The van der Waals surface area contributed by atoms with Gasteiger partial charge in [-0.05, 0) is 0 Å². The van der Waals surface area contributed by atoms with E-state index >= 15 is 0 Å². The van der Waals surface area contributed by atoms with Crippen LogP contribution in [0.15, 0.2) is 18.2 Å². The number of rotatable bonds is 3. The summed E-state index contributed by atoms with van der Waals surface area (Å²) < 4.78 is 0. The highest BCUT2D eigenvalue weighted by Crippen LogP contribution is 2.26. The van der Waals surface area contributed by atoms with E-state index in [0.29, 0.717) is 0 Å². The molecule has 0 aliphatic rings. The molecule has 1 atom stereocenters. The van der Waals surface area contributed by atoms with E-state index in [1.807, 2.05) is 0 Å². The van der Waals surface area contributed by atoms with Crippen molar-refractivity contribution in [3.63, 3.8) is 0 Å². The van der Waals surface area contributed by atoms with Gasteiger partial charge in [0.15, 0.2) is 0 Å². The summed E-state index contributed by atoms with van der Waals surface area (Å²) in [6, 6.07) is 3.16. The second kappa shape index (κ2) is 4.08. The molecule has 0 amide bonds. The lowest BCUT2D eigenvalue weighted by Gasteiger charge is -2.11. The van der Waals surface area contributed by atoms with Gasteiger partial charge in [-0.25, -0.2) is 0 Å². The van der Waals surface area contributed by atoms with Gasteiger partial charge in [0.2, 0.25) is 0 Å². The molecule has 5 heteroatoms. The van der Waals surface area contributed by atoms with E-state index in [0.717, 1.165) is 0 Å². The Hall–Kier alpha value is -1.59. The molecule has 0 aliphatic carbocycles. The van der Waals surface area contributed by atoms with Crippen molar-refractivity contribution in [1.82, 2.24) is 0 Å². The van der Waals surface area contributed by atoms with E-state index in [-0.39, 0.29) is 23.5 Å². The van der Waals surface area contributed by atoms with Crippen LogP contribution < -0.4 is 5.73 Å². The number of nitrogens with two attached hydrogens (primary N) is 1. The van der Waals surface area contributed by atoms with Gasteiger partial charge in [0.1, 0.15) is 11.8 Å². The third-order valence-electron chi connectivity index (χ3n) is 1.92. The number of carboxylic acid groups (broad SMARTS) is 1. The molecule has 0 radical (unpaired) electrons. The average molecular weight is 197 g/mol. The van der Waals surface area contributed by atoms with E-state index in [1.165, 1.54) is 18.2 Å². The normalized spacial score (nSPS) is 12.4. The molecule has 1 aromatic carbocycles. The largest absolute Gasteiger partial charge is 0.507 e. The maximum absolute atomic E-state index is 10.6. The summed E-state index contributed by atoms with van der Waals surface area (Å²) in [5.74, 6) is -1.49. The summed E-state index contributed by atoms with van der Waals surface area (Å²) >= 11 is 0. The number of para-hydroxylation sites is 1. The second-order valence-electron chi connectivity index (χ2n) is 2.83. The zero-order valence-electron chi connectivity index (χ0n) is 7.34. The fourth-order valence-electron chi connectivity index (χ4n) is 1.12. The number of aliphatic hydroxyl groups excluding tert-OH is 1. The summed E-state index contributed by atoms with van der Waals surface area (Å²) in [7, 11) is 0. The van der Waals surface area contributed by atoms with E-state index in [2.05, 4.69) is 0 Å². The Morgan fingerprint density at radius 1 is 1.50 bits per heavy atom. The number of carboxylic acids is 1. The van der Waals surface area contributed by atoms with Crippen LogP contribution in [0.5, 0.6) is 5.75 Å². The smallest absolute Gasteiger partial charge is 0.325 e. The molecule has 0 fully saturated rings. The van der Waals surface area contributed by atoms with Crippen molar-refractivity contribution in [3.8, 4) is 5.75 Å². The number of hydrogen-bond acceptors (Lipinski definition) is 4. The van der Waals surface area contributed by atoms with Crippen LogP contribution in [0, 0.1) is 0 Å². The van der Waals surface area contributed by atoms with Crippen LogP contribution in [0.3, 0.4) is 0 Å². The maximum atomic E-state index is 10.6. The predicted molar refractivity (Wildman–Crippen MR) is 48.6 cm³/mol. The maximum Gasteiger partial charge on any atom is 0.325 e. The molecule has 0 bridgehead atoms. The SMILES string of the molecule is N[C@@H](C(=O)O)c1cccc(CO)c1O. The zero-order chi connectivity index (χ0) is 10.7. The molecule has 5 nitrogen and oxygen atoms in total. The summed E-state index contributed by atoms with van der Waals surface area (Å²) in [4.78, 5) is 10.6. The number of hydrogen-bond donors (Lipinski definition) is 4. The molecular weight excluding hydrogens is 186 g/mol. The van der Waals surface area contributed by atoms with Crippen molar-refractivity contribution >= 4 is 5.97 Å². The van der Waals surface area contributed by atoms with E-state index in [1.54, 1.807) is 0 Å². The van der Waals surface area contributed by atoms with Gasteiger partial charge in [-0.15, -0.1) is 0 Å². The Kier molecular flexibility index (Phi) is 3.06. The van der Waals surface area contributed by atoms with Crippen LogP contribution in [0.1, 0.15) is 17.2 Å². The second-order valence-corrected chi connectivity index (χ2v) is 2.83. The standard InChI is InChI=1S/C9H11NO4/c10-7(9(13)14)6-3-1-2-5(4-11)8(6)12/h1-3,7,11-12H,4,10H2,(H,13,14)/t7-/m1/s1. The molecule has 0 aliphatic heterocycles. The van der Waals surface area contributed by atoms with E-state index in [9.17, 15) is 9.90 Å². The van der Waals surface area contributed by atoms with Gasteiger partial charge in [-0.2, -0.15) is 0 Å². The lowest BCUT2D eigenvalue weighted by molar-refractivity contribution is -0.138. The van der Waals surface area contributed by atoms with Crippen LogP contribution >= 0.6 is 0 Å². The van der Waals surface area contributed by atoms with Crippen molar-refractivity contribution < 1.29 is 20.1 Å². The van der Waals surface area contributed by atoms with Crippen LogP contribution in [-0.4, -0.2) is 21.3 Å². The minimum absolute atomic E-state index is 0.101. The topological polar surface area (TPSA) is 104 Å². The first-order valence-electron chi connectivity index (χ1n) is 3.98. The quantitative estimate of drug-likeness (QED) is 0.544. The third-order valence-corrected chi connectivity index (χ3v) is 1.92. The molecule has 14 heavy (non-hydrogen) atoms. The summed E-state index contributed by atoms with van der Waals surface area (Å²) in [5.41, 5.74) is 5.69. The summed E-state index contributed by atoms with van der Waals surface area (Å²) in [5, 5.41) is 26.9. The van der Waals surface area contributed by atoms with Gasteiger partial charge in [-0.1, -0.05) is 18.2 Å². The first-order chi connectivity index (χ1) is 6.57. The van der Waals surface area contributed by atoms with E-state index < -0.39 is 12.0 Å². The zero-order valence-corrected chi connectivity index (χ0v) is 7.34. The van der Waals surface area contributed by atoms with Crippen molar-refractivity contribution in [1.29, 1.82) is 0 Å². The highest BCUT2D eigenvalue weighted by molar-refractivity contribution is 5.76. The minimum Gasteiger partial charge on any atom is -0.507 e. The number of aromatic hydroxyl groups is 1. The van der Waals surface area contributed by atoms with Gasteiger partial charge < -0.3 is 21.1 Å². The molecule has 0 unspecified atom stereocenters. The van der Waals surface area contributed by atoms with Gasteiger partial charge >= 0.3 is 5.97 Å². The predicted octanol–water partition coefficient (Wildman–Crippen LogP) is -0.0311. The monoisotopic (exact) mass is 197 g/mol. The summed E-state index contributed by atoms with van der Waals surface area (Å²) in [6.07, 6.45) is 0. The third kappa shape index (κ3) is 1.84. The Labute approximate surface area is 80.4 Å². The molecule has 0 saturated heterocycles. The minimum atomic E-state index is -1.28. The fraction of sp³-hybridized carbons (Fsp3) is 0.222. The lowest BCUT2D eigenvalue weighted by Crippen LogP contribution is -2.20. The van der Waals surface area contributed by atoms with Crippen LogP contribution in [0.4, 0.5) is 0 Å². The molecule has 0 spiro atoms. The van der Waals surface area contributed by atoms with Crippen LogP contribution in [0.25, 0.3) is 0 Å². The molecule has 76 valence electrons. The Morgan fingerprint density at radius 2 is 2.14 bits per heavy atom. The first-order valence-corrected chi connectivity index (χ1v) is 3.98. The molecule has 1 aromatic rings. The van der Waals surface area contributed by atoms with Crippen LogP contribution in [0.2, 0.25) is 0 Å². The average Bonchev–Trinajstić information content (AvgIpc) is 2.17. The molecule has 0 heterocycles. The molecule has 1 rings (SSSR count). The molecule has 5 N–H and O–H groups in total. The number of carbonyl (C=O) groups is 1. The number of aliphatic carboxylic acids is 1. The highest BCUT2D eigenvalue weighted by Gasteiger charge is 2.19. The van der Waals surface area contributed by atoms with E-state index in [4.69, 9.17) is 15.9 Å². The van der Waals surface area contributed by atoms with Crippen molar-refractivity contribution in [3.05, 3.63) is 29.3 Å². The Balaban J connectivity index is 3.15. The molecular formula is C9H11NO4. The van der Waals surface area contributed by atoms with Gasteiger partial charge in [0, 0.05) is 11.1 Å². The van der Waals surface area contributed by atoms with Gasteiger partial charge in [-0.3, -0.25) is 4.79 Å². The van der Waals surface area contributed by atoms with Gasteiger partial charge in [0.25, 0.3) is 0 Å². The molecule has 0 saturated carbocycles. The Morgan fingerprint density at radius 3 is 2.64 bits per heavy atom. The number of aliphatic hydroxyl groups is 1. The van der Waals surface area contributed by atoms with Gasteiger partial charge in [0.05, 0.1) is 6.61 Å². The number of phenols is 1. The van der Waals surface area contributed by atoms with Crippen LogP contribution in [-0.2, 0) is 11.4 Å². The lowest BCUT2D eigenvalue weighted by atomic mass is 10.0. The number of benzene rings is 1. The fourth-order valence-corrected chi connectivity index (χ4v) is 1.12. The Bertz CT molecular complexity index is 351. The van der Waals surface area contributed by atoms with Crippen molar-refractivity contribution in [2.24, 2.45) is 5.73 Å². The molecule has 0 aromatic heterocycles. The summed E-state index contributed by atoms with van der Waals surface area (Å²) in [6.45, 7) is -0.355. The van der Waals surface area contributed by atoms with Crippen molar-refractivity contribution in [2.45, 2.75) is 12.6 Å². The first kappa shape index (κ1) is 10.5.